The first-order valence-electron chi connectivity index (χ1n) is 6.34. The van der Waals surface area contributed by atoms with E-state index in [1.807, 2.05) is 54.8 Å². The molecule has 0 aromatic heterocycles. The van der Waals surface area contributed by atoms with Crippen LogP contribution in [0.3, 0.4) is 0 Å². The van der Waals surface area contributed by atoms with Crippen molar-refractivity contribution in [3.63, 3.8) is 0 Å². The number of carbonyl (C=O) groups is 1. The molecule has 0 aliphatic rings. The Labute approximate surface area is 123 Å². The molecule has 20 heavy (non-hydrogen) atoms. The fourth-order valence-corrected chi connectivity index (χ4v) is 2.20. The second-order valence-corrected chi connectivity index (χ2v) is 5.27. The number of benzene rings is 2. The summed E-state index contributed by atoms with van der Waals surface area (Å²) in [6.07, 6.45) is 2.01. The van der Waals surface area contributed by atoms with Crippen LogP contribution in [0.1, 0.15) is 21.5 Å². The van der Waals surface area contributed by atoms with Crippen molar-refractivity contribution in [1.82, 2.24) is 5.32 Å². The van der Waals surface area contributed by atoms with Crippen molar-refractivity contribution in [3.8, 4) is 0 Å². The maximum atomic E-state index is 12.0. The van der Waals surface area contributed by atoms with Gasteiger partial charge in [-0.2, -0.15) is 0 Å². The lowest BCUT2D eigenvalue weighted by Crippen LogP contribution is -2.22. The van der Waals surface area contributed by atoms with Gasteiger partial charge in [0, 0.05) is 17.0 Å². The van der Waals surface area contributed by atoms with Crippen LogP contribution < -0.4 is 5.32 Å². The summed E-state index contributed by atoms with van der Waals surface area (Å²) < 4.78 is 0. The molecule has 0 radical (unpaired) electrons. The summed E-state index contributed by atoms with van der Waals surface area (Å²) in [4.78, 5) is 13.1. The van der Waals surface area contributed by atoms with Gasteiger partial charge in [0.25, 0.3) is 5.91 Å². The van der Waals surface area contributed by atoms with Crippen LogP contribution >= 0.6 is 11.8 Å². The van der Waals surface area contributed by atoms with Crippen molar-refractivity contribution in [1.29, 1.82) is 0 Å². The summed E-state index contributed by atoms with van der Waals surface area (Å²) >= 11 is 1.65. The van der Waals surface area contributed by atoms with Crippen LogP contribution in [0.4, 0.5) is 0 Å². The molecule has 0 heterocycles. The number of aliphatic hydroxyl groups excluding tert-OH is 1. The van der Waals surface area contributed by atoms with E-state index in [0.29, 0.717) is 12.1 Å². The summed E-state index contributed by atoms with van der Waals surface area (Å²) in [7, 11) is 0. The summed E-state index contributed by atoms with van der Waals surface area (Å²) in [5.74, 6) is -0.0797. The smallest absolute Gasteiger partial charge is 0.251 e. The number of aliphatic hydroxyl groups is 1. The van der Waals surface area contributed by atoms with E-state index in [4.69, 9.17) is 5.11 Å². The molecular weight excluding hydrogens is 270 g/mol. The predicted molar refractivity (Wildman–Crippen MR) is 81.8 cm³/mol. The van der Waals surface area contributed by atoms with Gasteiger partial charge < -0.3 is 10.4 Å². The molecule has 0 saturated heterocycles. The second-order valence-electron chi connectivity index (χ2n) is 4.39. The first-order chi connectivity index (χ1) is 9.72. The Bertz CT molecular complexity index is 564. The molecule has 0 bridgehead atoms. The summed E-state index contributed by atoms with van der Waals surface area (Å²) in [5, 5.41) is 11.8. The van der Waals surface area contributed by atoms with Crippen molar-refractivity contribution < 1.29 is 9.90 Å². The van der Waals surface area contributed by atoms with Gasteiger partial charge in [0.05, 0.1) is 6.61 Å². The highest BCUT2D eigenvalue weighted by Crippen LogP contribution is 2.14. The number of hydrogen-bond donors (Lipinski definition) is 2. The monoisotopic (exact) mass is 287 g/mol. The van der Waals surface area contributed by atoms with Crippen LogP contribution in [0.5, 0.6) is 0 Å². The van der Waals surface area contributed by atoms with Crippen molar-refractivity contribution in [2.75, 3.05) is 6.26 Å². The van der Waals surface area contributed by atoms with Crippen molar-refractivity contribution in [2.24, 2.45) is 0 Å². The van der Waals surface area contributed by atoms with Gasteiger partial charge in [-0.15, -0.1) is 11.8 Å². The zero-order valence-electron chi connectivity index (χ0n) is 11.3. The van der Waals surface area contributed by atoms with Crippen molar-refractivity contribution >= 4 is 17.7 Å². The van der Waals surface area contributed by atoms with E-state index < -0.39 is 0 Å². The van der Waals surface area contributed by atoms with Crippen LogP contribution in [0, 0.1) is 0 Å². The maximum Gasteiger partial charge on any atom is 0.251 e. The summed E-state index contributed by atoms with van der Waals surface area (Å²) in [6, 6.07) is 15.1. The van der Waals surface area contributed by atoms with Crippen LogP contribution in [-0.2, 0) is 13.2 Å². The molecule has 1 amide bonds. The highest BCUT2D eigenvalue weighted by molar-refractivity contribution is 7.98. The SMILES string of the molecule is CSc1ccc(C(=O)NCc2ccc(CO)cc2)cc1. The van der Waals surface area contributed by atoms with Gasteiger partial charge >= 0.3 is 0 Å². The molecule has 3 nitrogen and oxygen atoms in total. The number of nitrogens with one attached hydrogen (secondary N) is 1. The molecule has 0 saturated carbocycles. The maximum absolute atomic E-state index is 12.0. The summed E-state index contributed by atoms with van der Waals surface area (Å²) in [6.45, 7) is 0.517. The molecule has 0 spiro atoms. The number of carbonyl (C=O) groups excluding carboxylic acids is 1. The van der Waals surface area contributed by atoms with Crippen molar-refractivity contribution in [2.45, 2.75) is 18.0 Å². The van der Waals surface area contributed by atoms with Crippen LogP contribution in [0.25, 0.3) is 0 Å². The van der Waals surface area contributed by atoms with Crippen LogP contribution in [0.15, 0.2) is 53.4 Å². The fraction of sp³-hybridized carbons (Fsp3) is 0.188. The number of amides is 1. The fourth-order valence-electron chi connectivity index (χ4n) is 1.79. The molecular formula is C16H17NO2S. The largest absolute Gasteiger partial charge is 0.392 e. The molecule has 4 heteroatoms. The minimum atomic E-state index is -0.0797. The molecule has 0 aliphatic carbocycles. The number of rotatable bonds is 5. The topological polar surface area (TPSA) is 49.3 Å². The second kappa shape index (κ2) is 7.12. The minimum absolute atomic E-state index is 0.0361. The Morgan fingerprint density at radius 3 is 2.20 bits per heavy atom. The lowest BCUT2D eigenvalue weighted by molar-refractivity contribution is 0.0951. The van der Waals surface area contributed by atoms with Gasteiger partial charge in [0.15, 0.2) is 0 Å². The van der Waals surface area contributed by atoms with Gasteiger partial charge in [0.2, 0.25) is 0 Å². The number of hydrogen-bond acceptors (Lipinski definition) is 3. The zero-order valence-corrected chi connectivity index (χ0v) is 12.1. The van der Waals surface area contributed by atoms with Gasteiger partial charge in [-0.05, 0) is 41.6 Å². The predicted octanol–water partition coefficient (Wildman–Crippen LogP) is 2.83. The van der Waals surface area contributed by atoms with Crippen molar-refractivity contribution in [3.05, 3.63) is 65.2 Å². The lowest BCUT2D eigenvalue weighted by atomic mass is 10.1. The molecule has 0 fully saturated rings. The van der Waals surface area contributed by atoms with Gasteiger partial charge in [-0.25, -0.2) is 0 Å². The Balaban J connectivity index is 1.93. The Morgan fingerprint density at radius 2 is 1.65 bits per heavy atom. The molecule has 104 valence electrons. The Kier molecular flexibility index (Phi) is 5.21. The molecule has 2 aromatic carbocycles. The van der Waals surface area contributed by atoms with Gasteiger partial charge in [0.1, 0.15) is 0 Å². The third-order valence-corrected chi connectivity index (χ3v) is 3.75. The van der Waals surface area contributed by atoms with E-state index in [0.717, 1.165) is 16.0 Å². The molecule has 0 atom stereocenters. The minimum Gasteiger partial charge on any atom is -0.392 e. The summed E-state index contributed by atoms with van der Waals surface area (Å²) in [5.41, 5.74) is 2.54. The Morgan fingerprint density at radius 1 is 1.05 bits per heavy atom. The normalized spacial score (nSPS) is 10.3. The Hall–Kier alpha value is -1.78. The highest BCUT2D eigenvalue weighted by Gasteiger charge is 2.05. The average molecular weight is 287 g/mol. The van der Waals surface area contributed by atoms with Crippen LogP contribution in [-0.4, -0.2) is 17.3 Å². The standard InChI is InChI=1S/C16H17NO2S/c1-20-15-8-6-14(7-9-15)16(19)17-10-12-2-4-13(11-18)5-3-12/h2-9,18H,10-11H2,1H3,(H,17,19). The molecule has 2 N–H and O–H groups in total. The first-order valence-corrected chi connectivity index (χ1v) is 7.56. The molecule has 2 aromatic rings. The third-order valence-electron chi connectivity index (χ3n) is 3.01. The quantitative estimate of drug-likeness (QED) is 0.831. The first kappa shape index (κ1) is 14.6. The third kappa shape index (κ3) is 3.85. The van der Waals surface area contributed by atoms with Gasteiger partial charge in [-0.3, -0.25) is 4.79 Å². The number of thioether (sulfide) groups is 1. The zero-order chi connectivity index (χ0) is 14.4. The van der Waals surface area contributed by atoms with E-state index in [1.165, 1.54) is 0 Å². The average Bonchev–Trinajstić information content (AvgIpc) is 2.53. The van der Waals surface area contributed by atoms with E-state index in [9.17, 15) is 4.79 Å². The van der Waals surface area contributed by atoms with Crippen LogP contribution in [0.2, 0.25) is 0 Å². The van der Waals surface area contributed by atoms with E-state index >= 15 is 0 Å². The molecule has 0 unspecified atom stereocenters. The lowest BCUT2D eigenvalue weighted by Gasteiger charge is -2.06. The van der Waals surface area contributed by atoms with Gasteiger partial charge in [-0.1, -0.05) is 24.3 Å². The molecule has 2 rings (SSSR count). The molecule has 0 aliphatic heterocycles. The van der Waals surface area contributed by atoms with E-state index in [-0.39, 0.29) is 12.5 Å². The van der Waals surface area contributed by atoms with E-state index in [2.05, 4.69) is 5.32 Å². The highest BCUT2D eigenvalue weighted by atomic mass is 32.2. The van der Waals surface area contributed by atoms with E-state index in [1.54, 1.807) is 11.8 Å².